The molecule has 3 nitrogen and oxygen atoms in total. The van der Waals surface area contributed by atoms with Crippen molar-refractivity contribution in [2.45, 2.75) is 25.8 Å². The highest BCUT2D eigenvalue weighted by atomic mass is 19.1. The highest BCUT2D eigenvalue weighted by Gasteiger charge is 2.11. The van der Waals surface area contributed by atoms with E-state index < -0.39 is 11.6 Å². The van der Waals surface area contributed by atoms with Gasteiger partial charge >= 0.3 is 0 Å². The standard InChI is InChI=1S/C13H19F2NO2/c1-2-7-16-10(9-17)6-8-18-13-11(14)4-3-5-12(13)15/h3-5,10,16-17H,2,6-9H2,1H3. The van der Waals surface area contributed by atoms with Gasteiger partial charge in [0.15, 0.2) is 17.4 Å². The molecule has 1 aromatic rings. The van der Waals surface area contributed by atoms with Gasteiger partial charge in [0.1, 0.15) is 0 Å². The van der Waals surface area contributed by atoms with Gasteiger partial charge in [-0.25, -0.2) is 8.78 Å². The molecule has 0 saturated heterocycles. The van der Waals surface area contributed by atoms with Gasteiger partial charge in [0.2, 0.25) is 0 Å². The minimum Gasteiger partial charge on any atom is -0.488 e. The first kappa shape index (κ1) is 14.9. The average Bonchev–Trinajstić information content (AvgIpc) is 2.36. The molecule has 0 bridgehead atoms. The maximum Gasteiger partial charge on any atom is 0.190 e. The topological polar surface area (TPSA) is 41.5 Å². The Kier molecular flexibility index (Phi) is 6.60. The van der Waals surface area contributed by atoms with Crippen molar-refractivity contribution < 1.29 is 18.6 Å². The molecule has 0 heterocycles. The molecule has 0 aliphatic heterocycles. The predicted octanol–water partition coefficient (Wildman–Crippen LogP) is 2.09. The predicted molar refractivity (Wildman–Crippen MR) is 65.6 cm³/mol. The first-order valence-corrected chi connectivity index (χ1v) is 6.10. The average molecular weight is 259 g/mol. The van der Waals surface area contributed by atoms with Crippen LogP contribution in [0.15, 0.2) is 18.2 Å². The number of hydrogen-bond donors (Lipinski definition) is 2. The minimum absolute atomic E-state index is 0.0247. The molecule has 0 fully saturated rings. The third-order valence-corrected chi connectivity index (χ3v) is 2.54. The molecule has 0 radical (unpaired) electrons. The van der Waals surface area contributed by atoms with Crippen LogP contribution in [0.5, 0.6) is 5.75 Å². The summed E-state index contributed by atoms with van der Waals surface area (Å²) in [5, 5.41) is 12.2. The zero-order valence-corrected chi connectivity index (χ0v) is 10.5. The Morgan fingerprint density at radius 3 is 2.56 bits per heavy atom. The smallest absolute Gasteiger partial charge is 0.190 e. The lowest BCUT2D eigenvalue weighted by molar-refractivity contribution is 0.203. The monoisotopic (exact) mass is 259 g/mol. The van der Waals surface area contributed by atoms with E-state index in [0.29, 0.717) is 6.42 Å². The number of halogens is 2. The third-order valence-electron chi connectivity index (χ3n) is 2.54. The van der Waals surface area contributed by atoms with Crippen LogP contribution in [-0.4, -0.2) is 30.9 Å². The third kappa shape index (κ3) is 4.58. The quantitative estimate of drug-likeness (QED) is 0.751. The van der Waals surface area contributed by atoms with E-state index in [2.05, 4.69) is 5.32 Å². The molecule has 1 aromatic carbocycles. The van der Waals surface area contributed by atoms with Crippen LogP contribution in [0.2, 0.25) is 0 Å². The van der Waals surface area contributed by atoms with Crippen LogP contribution >= 0.6 is 0 Å². The van der Waals surface area contributed by atoms with Gasteiger partial charge < -0.3 is 15.2 Å². The molecule has 0 spiro atoms. The molecule has 102 valence electrons. The van der Waals surface area contributed by atoms with Crippen LogP contribution in [0.3, 0.4) is 0 Å². The summed E-state index contributed by atoms with van der Waals surface area (Å²) >= 11 is 0. The lowest BCUT2D eigenvalue weighted by Crippen LogP contribution is -2.34. The molecule has 1 rings (SSSR count). The van der Waals surface area contributed by atoms with Crippen LogP contribution in [0.1, 0.15) is 19.8 Å². The van der Waals surface area contributed by atoms with Crippen LogP contribution in [0.25, 0.3) is 0 Å². The molecule has 0 amide bonds. The van der Waals surface area contributed by atoms with Crippen LogP contribution < -0.4 is 10.1 Å². The fourth-order valence-electron chi connectivity index (χ4n) is 1.53. The lowest BCUT2D eigenvalue weighted by Gasteiger charge is -2.16. The number of aliphatic hydroxyl groups excluding tert-OH is 1. The summed E-state index contributed by atoms with van der Waals surface area (Å²) in [5.74, 6) is -1.78. The van der Waals surface area contributed by atoms with E-state index in [9.17, 15) is 8.78 Å². The number of ether oxygens (including phenoxy) is 1. The molecule has 18 heavy (non-hydrogen) atoms. The summed E-state index contributed by atoms with van der Waals surface area (Å²) in [6, 6.07) is 3.48. The van der Waals surface area contributed by atoms with Gasteiger partial charge in [0.25, 0.3) is 0 Å². The van der Waals surface area contributed by atoms with Crippen LogP contribution in [-0.2, 0) is 0 Å². The fourth-order valence-corrected chi connectivity index (χ4v) is 1.53. The van der Waals surface area contributed by atoms with Gasteiger partial charge in [0, 0.05) is 6.04 Å². The normalized spacial score (nSPS) is 12.4. The lowest BCUT2D eigenvalue weighted by atomic mass is 10.2. The zero-order valence-electron chi connectivity index (χ0n) is 10.5. The molecular weight excluding hydrogens is 240 g/mol. The molecule has 5 heteroatoms. The second-order valence-corrected chi connectivity index (χ2v) is 4.02. The number of para-hydroxylation sites is 1. The highest BCUT2D eigenvalue weighted by molar-refractivity contribution is 5.25. The summed E-state index contributed by atoms with van der Waals surface area (Å²) in [7, 11) is 0. The van der Waals surface area contributed by atoms with Gasteiger partial charge in [-0.1, -0.05) is 13.0 Å². The van der Waals surface area contributed by atoms with E-state index in [1.807, 2.05) is 6.92 Å². The Labute approximate surface area is 106 Å². The summed E-state index contributed by atoms with van der Waals surface area (Å²) < 4.78 is 31.5. The van der Waals surface area contributed by atoms with Gasteiger partial charge in [-0.15, -0.1) is 0 Å². The molecular formula is C13H19F2NO2. The summed E-state index contributed by atoms with van der Waals surface area (Å²) in [6.45, 7) is 2.94. The van der Waals surface area contributed by atoms with E-state index >= 15 is 0 Å². The van der Waals surface area contributed by atoms with Gasteiger partial charge in [-0.05, 0) is 31.5 Å². The van der Waals surface area contributed by atoms with Crippen LogP contribution in [0, 0.1) is 11.6 Å². The molecule has 0 saturated carbocycles. The zero-order chi connectivity index (χ0) is 13.4. The maximum atomic E-state index is 13.2. The number of benzene rings is 1. The summed E-state index contributed by atoms with van der Waals surface area (Å²) in [4.78, 5) is 0. The summed E-state index contributed by atoms with van der Waals surface area (Å²) in [6.07, 6.45) is 1.45. The van der Waals surface area contributed by atoms with Gasteiger partial charge in [-0.2, -0.15) is 0 Å². The van der Waals surface area contributed by atoms with E-state index in [0.717, 1.165) is 25.1 Å². The van der Waals surface area contributed by atoms with E-state index in [1.165, 1.54) is 6.07 Å². The van der Waals surface area contributed by atoms with Gasteiger partial charge in [-0.3, -0.25) is 0 Å². The fraction of sp³-hybridized carbons (Fsp3) is 0.538. The Balaban J connectivity index is 2.40. The molecule has 1 unspecified atom stereocenters. The largest absolute Gasteiger partial charge is 0.488 e. The van der Waals surface area contributed by atoms with Crippen molar-refractivity contribution in [3.8, 4) is 5.75 Å². The Morgan fingerprint density at radius 2 is 2.00 bits per heavy atom. The van der Waals surface area contributed by atoms with Crippen molar-refractivity contribution in [3.05, 3.63) is 29.8 Å². The van der Waals surface area contributed by atoms with Gasteiger partial charge in [0.05, 0.1) is 13.2 Å². The van der Waals surface area contributed by atoms with Crippen molar-refractivity contribution in [3.63, 3.8) is 0 Å². The number of hydrogen-bond acceptors (Lipinski definition) is 3. The minimum atomic E-state index is -0.711. The van der Waals surface area contributed by atoms with Crippen molar-refractivity contribution in [2.24, 2.45) is 0 Å². The Bertz CT molecular complexity index is 341. The van der Waals surface area contributed by atoms with Crippen molar-refractivity contribution >= 4 is 0 Å². The maximum absolute atomic E-state index is 13.2. The first-order valence-electron chi connectivity index (χ1n) is 6.10. The Morgan fingerprint density at radius 1 is 1.33 bits per heavy atom. The molecule has 2 N–H and O–H groups in total. The molecule has 0 aliphatic carbocycles. The summed E-state index contributed by atoms with van der Waals surface area (Å²) in [5.41, 5.74) is 0. The highest BCUT2D eigenvalue weighted by Crippen LogP contribution is 2.20. The molecule has 0 aromatic heterocycles. The molecule has 0 aliphatic rings. The van der Waals surface area contributed by atoms with Crippen molar-refractivity contribution in [1.82, 2.24) is 5.32 Å². The first-order chi connectivity index (χ1) is 8.69. The second-order valence-electron chi connectivity index (χ2n) is 4.02. The second kappa shape index (κ2) is 8.00. The van der Waals surface area contributed by atoms with Crippen molar-refractivity contribution in [1.29, 1.82) is 0 Å². The number of nitrogens with one attached hydrogen (secondary N) is 1. The van der Waals surface area contributed by atoms with E-state index in [1.54, 1.807) is 0 Å². The van der Waals surface area contributed by atoms with Crippen molar-refractivity contribution in [2.75, 3.05) is 19.8 Å². The van der Waals surface area contributed by atoms with E-state index in [4.69, 9.17) is 9.84 Å². The Hall–Kier alpha value is -1.20. The molecule has 1 atom stereocenters. The number of rotatable bonds is 8. The van der Waals surface area contributed by atoms with E-state index in [-0.39, 0.29) is 25.0 Å². The number of aliphatic hydroxyl groups is 1. The van der Waals surface area contributed by atoms with Crippen LogP contribution in [0.4, 0.5) is 8.78 Å². The SMILES string of the molecule is CCCNC(CO)CCOc1c(F)cccc1F.